The van der Waals surface area contributed by atoms with Crippen LogP contribution in [-0.4, -0.2) is 58.1 Å². The summed E-state index contributed by atoms with van der Waals surface area (Å²) in [7, 11) is -7.48. The van der Waals surface area contributed by atoms with E-state index in [0.717, 1.165) is 22.5 Å². The highest BCUT2D eigenvalue weighted by Gasteiger charge is 2.31. The summed E-state index contributed by atoms with van der Waals surface area (Å²) in [6.45, 7) is 4.58. The first kappa shape index (κ1) is 20.9. The molecule has 11 heteroatoms. The molecule has 0 atom stereocenters. The first-order valence-corrected chi connectivity index (χ1v) is 12.3. The van der Waals surface area contributed by atoms with Gasteiger partial charge in [-0.15, -0.1) is 11.3 Å². The van der Waals surface area contributed by atoms with Crippen molar-refractivity contribution >= 4 is 37.3 Å². The predicted molar refractivity (Wildman–Crippen MR) is 106 cm³/mol. The number of nitrogens with two attached hydrogens (primary N) is 1. The van der Waals surface area contributed by atoms with Crippen LogP contribution in [0.1, 0.15) is 21.5 Å². The summed E-state index contributed by atoms with van der Waals surface area (Å²) in [6, 6.07) is 6.28. The standard InChI is InChI=1S/C17H21N3O5S3/c1-12-3-4-15(9-13(12)2)28(24,25)20-7-5-19(6-8-20)17(21)14-10-16(26-11-14)27(18,22)23/h3-4,9-11H,5-8H2,1-2H3,(H2,18,22,23). The number of benzene rings is 1. The molecule has 0 unspecified atom stereocenters. The van der Waals surface area contributed by atoms with E-state index < -0.39 is 20.0 Å². The maximum atomic E-state index is 12.9. The number of hydrogen-bond acceptors (Lipinski definition) is 6. The quantitative estimate of drug-likeness (QED) is 0.761. The van der Waals surface area contributed by atoms with Gasteiger partial charge in [-0.3, -0.25) is 4.79 Å². The molecule has 0 bridgehead atoms. The molecule has 0 spiro atoms. The van der Waals surface area contributed by atoms with Crippen LogP contribution >= 0.6 is 11.3 Å². The predicted octanol–water partition coefficient (Wildman–Crippen LogP) is 1.16. The van der Waals surface area contributed by atoms with Crippen molar-refractivity contribution in [2.24, 2.45) is 5.14 Å². The highest BCUT2D eigenvalue weighted by molar-refractivity contribution is 7.91. The van der Waals surface area contributed by atoms with E-state index >= 15 is 0 Å². The maximum absolute atomic E-state index is 12.9. The van der Waals surface area contributed by atoms with E-state index in [9.17, 15) is 21.6 Å². The lowest BCUT2D eigenvalue weighted by molar-refractivity contribution is 0.0698. The summed E-state index contributed by atoms with van der Waals surface area (Å²) in [4.78, 5) is 14.3. The zero-order chi connectivity index (χ0) is 20.7. The number of aryl methyl sites for hydroxylation is 2. The summed E-state index contributed by atoms with van der Waals surface area (Å²) in [5.41, 5.74) is 2.15. The highest BCUT2D eigenvalue weighted by atomic mass is 32.2. The average Bonchev–Trinajstić information content (AvgIpc) is 3.14. The second-order valence-electron chi connectivity index (χ2n) is 6.64. The van der Waals surface area contributed by atoms with Crippen molar-refractivity contribution in [1.29, 1.82) is 0 Å². The van der Waals surface area contributed by atoms with Crippen LogP contribution < -0.4 is 5.14 Å². The number of amides is 1. The Labute approximate surface area is 168 Å². The molecule has 1 amide bonds. The fraction of sp³-hybridized carbons (Fsp3) is 0.353. The Morgan fingerprint density at radius 1 is 1.00 bits per heavy atom. The third-order valence-electron chi connectivity index (χ3n) is 4.74. The Kier molecular flexibility index (Phi) is 5.65. The van der Waals surface area contributed by atoms with Crippen LogP contribution in [0.2, 0.25) is 0 Å². The monoisotopic (exact) mass is 443 g/mol. The number of nitrogens with zero attached hydrogens (tertiary/aromatic N) is 2. The molecule has 1 aromatic heterocycles. The molecular weight excluding hydrogens is 422 g/mol. The molecule has 1 saturated heterocycles. The minimum Gasteiger partial charge on any atom is -0.336 e. The number of carbonyl (C=O) groups excluding carboxylic acids is 1. The van der Waals surface area contributed by atoms with Gasteiger partial charge >= 0.3 is 0 Å². The SMILES string of the molecule is Cc1ccc(S(=O)(=O)N2CCN(C(=O)c3csc(S(N)(=O)=O)c3)CC2)cc1C. The average molecular weight is 444 g/mol. The van der Waals surface area contributed by atoms with Crippen molar-refractivity contribution in [3.63, 3.8) is 0 Å². The van der Waals surface area contributed by atoms with Gasteiger partial charge in [0.25, 0.3) is 5.91 Å². The number of carbonyl (C=O) groups is 1. The van der Waals surface area contributed by atoms with Gasteiger partial charge in [-0.1, -0.05) is 6.07 Å². The molecule has 0 radical (unpaired) electrons. The van der Waals surface area contributed by atoms with Crippen LogP contribution in [-0.2, 0) is 20.0 Å². The number of primary sulfonamides is 1. The second kappa shape index (κ2) is 7.56. The smallest absolute Gasteiger partial charge is 0.254 e. The van der Waals surface area contributed by atoms with E-state index in [-0.39, 0.29) is 46.8 Å². The molecule has 2 heterocycles. The Hall–Kier alpha value is -1.79. The molecule has 1 aliphatic rings. The molecule has 8 nitrogen and oxygen atoms in total. The Bertz CT molecular complexity index is 1110. The van der Waals surface area contributed by atoms with Crippen molar-refractivity contribution < 1.29 is 21.6 Å². The molecule has 1 aromatic carbocycles. The number of piperazine rings is 1. The van der Waals surface area contributed by atoms with E-state index in [0.29, 0.717) is 0 Å². The van der Waals surface area contributed by atoms with Crippen molar-refractivity contribution in [1.82, 2.24) is 9.21 Å². The molecule has 28 heavy (non-hydrogen) atoms. The lowest BCUT2D eigenvalue weighted by atomic mass is 10.1. The minimum absolute atomic E-state index is 0.0770. The minimum atomic E-state index is -3.85. The van der Waals surface area contributed by atoms with Crippen LogP contribution in [0.4, 0.5) is 0 Å². The van der Waals surface area contributed by atoms with E-state index in [4.69, 9.17) is 5.14 Å². The van der Waals surface area contributed by atoms with Crippen molar-refractivity contribution in [3.8, 4) is 0 Å². The van der Waals surface area contributed by atoms with E-state index in [1.807, 2.05) is 13.8 Å². The van der Waals surface area contributed by atoms with Crippen LogP contribution in [0.25, 0.3) is 0 Å². The Morgan fingerprint density at radius 3 is 2.18 bits per heavy atom. The van der Waals surface area contributed by atoms with Crippen molar-refractivity contribution in [2.75, 3.05) is 26.2 Å². The number of hydrogen-bond donors (Lipinski definition) is 1. The van der Waals surface area contributed by atoms with Gasteiger partial charge in [-0.05, 0) is 43.2 Å². The van der Waals surface area contributed by atoms with Gasteiger partial charge in [0.2, 0.25) is 20.0 Å². The largest absolute Gasteiger partial charge is 0.336 e. The van der Waals surface area contributed by atoms with Gasteiger partial charge in [-0.2, -0.15) is 4.31 Å². The van der Waals surface area contributed by atoms with Gasteiger partial charge < -0.3 is 4.90 Å². The third kappa shape index (κ3) is 4.13. The first-order chi connectivity index (χ1) is 13.0. The Balaban J connectivity index is 1.70. The topological polar surface area (TPSA) is 118 Å². The molecule has 2 N–H and O–H groups in total. The fourth-order valence-electron chi connectivity index (χ4n) is 2.92. The van der Waals surface area contributed by atoms with Gasteiger partial charge in [0.05, 0.1) is 10.5 Å². The number of rotatable bonds is 4. The third-order valence-corrected chi connectivity index (χ3v) is 9.03. The summed E-state index contributed by atoms with van der Waals surface area (Å²) in [6.07, 6.45) is 0. The summed E-state index contributed by atoms with van der Waals surface area (Å²) >= 11 is 0.887. The van der Waals surface area contributed by atoms with Gasteiger partial charge in [0.15, 0.2) is 0 Å². The maximum Gasteiger partial charge on any atom is 0.254 e. The first-order valence-electron chi connectivity index (χ1n) is 8.48. The van der Waals surface area contributed by atoms with Crippen LogP contribution in [0, 0.1) is 13.8 Å². The van der Waals surface area contributed by atoms with E-state index in [1.54, 1.807) is 18.2 Å². The number of sulfonamides is 2. The molecular formula is C17H21N3O5S3. The number of thiophene rings is 1. The lowest BCUT2D eigenvalue weighted by Crippen LogP contribution is -2.50. The summed E-state index contributed by atoms with van der Waals surface area (Å²) < 4.78 is 49.7. The lowest BCUT2D eigenvalue weighted by Gasteiger charge is -2.34. The molecule has 1 aliphatic heterocycles. The zero-order valence-electron chi connectivity index (χ0n) is 15.5. The van der Waals surface area contributed by atoms with Crippen LogP contribution in [0.5, 0.6) is 0 Å². The van der Waals surface area contributed by atoms with Crippen molar-refractivity contribution in [2.45, 2.75) is 23.0 Å². The van der Waals surface area contributed by atoms with Gasteiger partial charge in [0.1, 0.15) is 4.21 Å². The molecule has 0 aliphatic carbocycles. The molecule has 0 saturated carbocycles. The Morgan fingerprint density at radius 2 is 1.64 bits per heavy atom. The second-order valence-corrected chi connectivity index (χ2v) is 11.3. The van der Waals surface area contributed by atoms with E-state index in [2.05, 4.69) is 0 Å². The summed E-state index contributed by atoms with van der Waals surface area (Å²) in [5, 5.41) is 6.52. The van der Waals surface area contributed by atoms with Gasteiger partial charge in [-0.25, -0.2) is 22.0 Å². The molecule has 2 aromatic rings. The van der Waals surface area contributed by atoms with Crippen molar-refractivity contribution in [3.05, 3.63) is 46.3 Å². The van der Waals surface area contributed by atoms with Gasteiger partial charge in [0, 0.05) is 31.6 Å². The normalized spacial score (nSPS) is 16.3. The molecule has 3 rings (SSSR count). The summed E-state index contributed by atoms with van der Waals surface area (Å²) in [5.74, 6) is -0.339. The molecule has 1 fully saturated rings. The highest BCUT2D eigenvalue weighted by Crippen LogP contribution is 2.23. The zero-order valence-corrected chi connectivity index (χ0v) is 17.9. The molecule has 152 valence electrons. The fourth-order valence-corrected chi connectivity index (χ4v) is 6.00. The van der Waals surface area contributed by atoms with E-state index in [1.165, 1.54) is 20.7 Å². The van der Waals surface area contributed by atoms with Crippen LogP contribution in [0.15, 0.2) is 38.8 Å². The van der Waals surface area contributed by atoms with Crippen LogP contribution in [0.3, 0.4) is 0 Å².